The van der Waals surface area contributed by atoms with E-state index in [0.717, 1.165) is 24.2 Å². The third-order valence-electron chi connectivity index (χ3n) is 5.16. The number of guanidine groups is 1. The van der Waals surface area contributed by atoms with Crippen molar-refractivity contribution in [2.75, 3.05) is 6.54 Å². The van der Waals surface area contributed by atoms with Gasteiger partial charge in [0.15, 0.2) is 11.8 Å². The lowest BCUT2D eigenvalue weighted by atomic mass is 10.0. The molecule has 0 radical (unpaired) electrons. The zero-order valence-electron chi connectivity index (χ0n) is 18.0. The molecular weight excluding hydrogens is 487 g/mol. The maximum Gasteiger partial charge on any atom is 0.192 e. The highest BCUT2D eigenvalue weighted by molar-refractivity contribution is 14.0. The zero-order valence-corrected chi connectivity index (χ0v) is 20.4. The summed E-state index contributed by atoms with van der Waals surface area (Å²) in [5.74, 6) is 2.86. The van der Waals surface area contributed by atoms with Gasteiger partial charge in [0.1, 0.15) is 12.4 Å². The van der Waals surface area contributed by atoms with E-state index in [1.54, 1.807) is 0 Å². The van der Waals surface area contributed by atoms with Crippen LogP contribution in [0.3, 0.4) is 0 Å². The molecule has 2 atom stereocenters. The molecule has 0 saturated carbocycles. The monoisotopic (exact) mass is 518 g/mol. The number of aliphatic imine (C=N–C) groups is 1. The molecule has 0 aliphatic heterocycles. The minimum absolute atomic E-state index is 0. The van der Waals surface area contributed by atoms with E-state index in [1.165, 1.54) is 11.1 Å². The van der Waals surface area contributed by atoms with Crippen molar-refractivity contribution >= 4 is 29.9 Å². The normalized spacial score (nSPS) is 13.3. The third-order valence-corrected chi connectivity index (χ3v) is 5.16. The predicted octanol–water partition coefficient (Wildman–Crippen LogP) is 4.34. The van der Waals surface area contributed by atoms with Gasteiger partial charge in [-0.05, 0) is 30.9 Å². The van der Waals surface area contributed by atoms with Gasteiger partial charge in [0.05, 0.1) is 6.04 Å². The highest BCUT2D eigenvalue weighted by Gasteiger charge is 2.11. The first-order chi connectivity index (χ1) is 14.0. The van der Waals surface area contributed by atoms with Crippen molar-refractivity contribution in [1.82, 2.24) is 25.4 Å². The summed E-state index contributed by atoms with van der Waals surface area (Å²) in [4.78, 5) is 4.77. The van der Waals surface area contributed by atoms with Crippen LogP contribution in [0.2, 0.25) is 0 Å². The lowest BCUT2D eigenvalue weighted by Gasteiger charge is -2.21. The molecule has 1 aromatic heterocycles. The largest absolute Gasteiger partial charge is 0.356 e. The first-order valence-electron chi connectivity index (χ1n) is 10.0. The molecule has 2 unspecified atom stereocenters. The fourth-order valence-electron chi connectivity index (χ4n) is 3.07. The van der Waals surface area contributed by atoms with Crippen LogP contribution in [0.1, 0.15) is 48.6 Å². The number of hydrogen-bond acceptors (Lipinski definition) is 3. The summed E-state index contributed by atoms with van der Waals surface area (Å²) in [5.41, 5.74) is 2.52. The van der Waals surface area contributed by atoms with Gasteiger partial charge in [0.2, 0.25) is 0 Å². The number of aryl methyl sites for hydroxylation is 1. The molecule has 2 aromatic carbocycles. The van der Waals surface area contributed by atoms with Gasteiger partial charge in [-0.3, -0.25) is 0 Å². The van der Waals surface area contributed by atoms with Crippen LogP contribution >= 0.6 is 24.0 Å². The molecule has 2 N–H and O–H groups in total. The van der Waals surface area contributed by atoms with Crippen molar-refractivity contribution in [3.8, 4) is 0 Å². The van der Waals surface area contributed by atoms with Crippen molar-refractivity contribution in [1.29, 1.82) is 0 Å². The standard InChI is InChI=1S/C23H30N6.HI/c1-17(20-11-7-5-8-12-20)15-24-23(25-16-22-28-27-19(3)29(22)4)26-18(2)21-13-9-6-10-14-21;/h5-14,17-18H,15-16H2,1-4H3,(H2,24,25,26);1H. The van der Waals surface area contributed by atoms with E-state index >= 15 is 0 Å². The molecule has 0 saturated heterocycles. The molecule has 1 heterocycles. The maximum absolute atomic E-state index is 4.77. The van der Waals surface area contributed by atoms with E-state index < -0.39 is 0 Å². The topological polar surface area (TPSA) is 67.1 Å². The summed E-state index contributed by atoms with van der Waals surface area (Å²) in [7, 11) is 1.96. The molecule has 160 valence electrons. The van der Waals surface area contributed by atoms with E-state index in [2.05, 4.69) is 83.2 Å². The van der Waals surface area contributed by atoms with Crippen LogP contribution in [-0.4, -0.2) is 27.3 Å². The van der Waals surface area contributed by atoms with E-state index in [1.807, 2.05) is 30.7 Å². The van der Waals surface area contributed by atoms with Crippen LogP contribution in [-0.2, 0) is 13.6 Å². The van der Waals surface area contributed by atoms with Crippen LogP contribution < -0.4 is 10.6 Å². The molecule has 3 rings (SSSR count). The smallest absolute Gasteiger partial charge is 0.192 e. The number of rotatable bonds is 7. The lowest BCUT2D eigenvalue weighted by molar-refractivity contribution is 0.651. The van der Waals surface area contributed by atoms with Gasteiger partial charge < -0.3 is 15.2 Å². The quantitative estimate of drug-likeness (QED) is 0.278. The van der Waals surface area contributed by atoms with Crippen molar-refractivity contribution in [2.24, 2.45) is 12.0 Å². The van der Waals surface area contributed by atoms with Crippen molar-refractivity contribution in [2.45, 2.75) is 39.3 Å². The molecule has 6 nitrogen and oxygen atoms in total. The second kappa shape index (κ2) is 11.7. The molecule has 0 amide bonds. The zero-order chi connectivity index (χ0) is 20.6. The summed E-state index contributed by atoms with van der Waals surface area (Å²) in [5, 5.41) is 15.4. The molecule has 3 aromatic rings. The van der Waals surface area contributed by atoms with E-state index in [9.17, 15) is 0 Å². The van der Waals surface area contributed by atoms with Crippen LogP contribution in [0.25, 0.3) is 0 Å². The predicted molar refractivity (Wildman–Crippen MR) is 133 cm³/mol. The fraction of sp³-hybridized carbons (Fsp3) is 0.348. The molecule has 30 heavy (non-hydrogen) atoms. The number of nitrogens with zero attached hydrogens (tertiary/aromatic N) is 4. The Labute approximate surface area is 196 Å². The molecule has 0 spiro atoms. The Balaban J connectivity index is 0.00000320. The number of hydrogen-bond donors (Lipinski definition) is 2. The molecule has 7 heteroatoms. The minimum Gasteiger partial charge on any atom is -0.356 e. The highest BCUT2D eigenvalue weighted by atomic mass is 127. The van der Waals surface area contributed by atoms with Crippen molar-refractivity contribution in [3.63, 3.8) is 0 Å². The Morgan fingerprint density at radius 3 is 2.13 bits per heavy atom. The van der Waals surface area contributed by atoms with E-state index in [4.69, 9.17) is 4.99 Å². The second-order valence-electron chi connectivity index (χ2n) is 7.36. The summed E-state index contributed by atoms with van der Waals surface area (Å²) in [6.45, 7) is 7.55. The maximum atomic E-state index is 4.77. The van der Waals surface area contributed by atoms with Crippen LogP contribution in [0.5, 0.6) is 0 Å². The minimum atomic E-state index is 0. The number of benzene rings is 2. The molecular formula is C23H31IN6. The van der Waals surface area contributed by atoms with Crippen LogP contribution in [0.15, 0.2) is 65.7 Å². The van der Waals surface area contributed by atoms with Gasteiger partial charge in [-0.25, -0.2) is 4.99 Å². The van der Waals surface area contributed by atoms with Crippen molar-refractivity contribution < 1.29 is 0 Å². The van der Waals surface area contributed by atoms with Gasteiger partial charge in [0, 0.05) is 13.6 Å². The first-order valence-corrected chi connectivity index (χ1v) is 10.0. The highest BCUT2D eigenvalue weighted by Crippen LogP contribution is 2.14. The Kier molecular flexibility index (Phi) is 9.29. The van der Waals surface area contributed by atoms with Gasteiger partial charge >= 0.3 is 0 Å². The van der Waals surface area contributed by atoms with Crippen LogP contribution in [0.4, 0.5) is 0 Å². The fourth-order valence-corrected chi connectivity index (χ4v) is 3.07. The van der Waals surface area contributed by atoms with Crippen LogP contribution in [0, 0.1) is 6.92 Å². The summed E-state index contributed by atoms with van der Waals surface area (Å²) in [6.07, 6.45) is 0. The number of nitrogens with one attached hydrogen (secondary N) is 2. The van der Waals surface area contributed by atoms with Gasteiger partial charge in [0.25, 0.3) is 0 Å². The SMILES string of the molecule is Cc1nnc(CN=C(NCC(C)c2ccccc2)NC(C)c2ccccc2)n1C.I. The Bertz CT molecular complexity index is 923. The molecule has 0 aliphatic carbocycles. The summed E-state index contributed by atoms with van der Waals surface area (Å²) >= 11 is 0. The average Bonchev–Trinajstić information content (AvgIpc) is 3.08. The number of aromatic nitrogens is 3. The summed E-state index contributed by atoms with van der Waals surface area (Å²) in [6, 6.07) is 21.0. The Morgan fingerprint density at radius 2 is 1.57 bits per heavy atom. The van der Waals surface area contributed by atoms with E-state index in [0.29, 0.717) is 12.5 Å². The molecule has 0 bridgehead atoms. The summed E-state index contributed by atoms with van der Waals surface area (Å²) < 4.78 is 1.97. The van der Waals surface area contributed by atoms with E-state index in [-0.39, 0.29) is 30.0 Å². The average molecular weight is 518 g/mol. The van der Waals surface area contributed by atoms with Gasteiger partial charge in [-0.15, -0.1) is 34.2 Å². The van der Waals surface area contributed by atoms with Gasteiger partial charge in [-0.1, -0.05) is 67.6 Å². The Hall–Kier alpha value is -2.42. The third kappa shape index (κ3) is 6.55. The second-order valence-corrected chi connectivity index (χ2v) is 7.36. The lowest BCUT2D eigenvalue weighted by Crippen LogP contribution is -2.40. The van der Waals surface area contributed by atoms with Crippen molar-refractivity contribution in [3.05, 3.63) is 83.4 Å². The first kappa shape index (κ1) is 23.9. The Morgan fingerprint density at radius 1 is 0.967 bits per heavy atom. The number of halogens is 1. The molecule has 0 aliphatic rings. The molecule has 0 fully saturated rings. The van der Waals surface area contributed by atoms with Gasteiger partial charge in [-0.2, -0.15) is 0 Å².